The smallest absolute Gasteiger partial charge is 0.321 e. The monoisotopic (exact) mass is 382 g/mol. The van der Waals surface area contributed by atoms with Gasteiger partial charge in [-0.1, -0.05) is 69.2 Å². The zero-order chi connectivity index (χ0) is 20.8. The van der Waals surface area contributed by atoms with Crippen LogP contribution in [0, 0.1) is 22.7 Å². The number of Topliss-reactive ketones (excluding diaryl/α,β-unsaturated/α-hetero) is 1. The Labute approximate surface area is 158 Å². The van der Waals surface area contributed by atoms with Crippen molar-refractivity contribution in [1.82, 2.24) is 0 Å². The number of hydrogen-bond donors (Lipinski definition) is 2. The topological polar surface area (TPSA) is 74.6 Å². The summed E-state index contributed by atoms with van der Waals surface area (Å²) < 4.78 is 12.3. The lowest BCUT2D eigenvalue weighted by atomic mass is 9.67. The first kappa shape index (κ1) is 23.1. The molecule has 0 atom stereocenters. The van der Waals surface area contributed by atoms with Gasteiger partial charge in [0, 0.05) is 11.1 Å². The maximum Gasteiger partial charge on any atom is 0.353 e. The van der Waals surface area contributed by atoms with Crippen LogP contribution in [0.25, 0.3) is 0 Å². The highest BCUT2D eigenvalue weighted by atomic mass is 31.2. The van der Waals surface area contributed by atoms with Crippen LogP contribution in [0.15, 0.2) is 33.7 Å². The van der Waals surface area contributed by atoms with Crippen molar-refractivity contribution in [3.63, 3.8) is 0 Å². The lowest BCUT2D eigenvalue weighted by Gasteiger charge is -2.37. The van der Waals surface area contributed by atoms with E-state index in [1.165, 1.54) is 0 Å². The highest BCUT2D eigenvalue weighted by Crippen LogP contribution is 2.55. The van der Waals surface area contributed by atoms with E-state index in [1.807, 2.05) is 55.4 Å². The van der Waals surface area contributed by atoms with Gasteiger partial charge in [0.05, 0.1) is 5.31 Å². The van der Waals surface area contributed by atoms with Crippen LogP contribution in [-0.2, 0) is 9.36 Å². The Bertz CT molecular complexity index is 729. The van der Waals surface area contributed by atoms with Crippen LogP contribution in [0.2, 0.25) is 0 Å². The zero-order valence-electron chi connectivity index (χ0n) is 17.9. The van der Waals surface area contributed by atoms with Gasteiger partial charge >= 0.3 is 7.60 Å². The minimum Gasteiger partial charge on any atom is -0.321 e. The molecule has 1 aliphatic rings. The predicted octanol–water partition coefficient (Wildman–Crippen LogP) is 5.63. The molecular weight excluding hydrogens is 347 g/mol. The number of carbonyl (C=O) groups is 1. The van der Waals surface area contributed by atoms with E-state index in [1.54, 1.807) is 19.9 Å². The molecule has 26 heavy (non-hydrogen) atoms. The van der Waals surface area contributed by atoms with Gasteiger partial charge in [0.2, 0.25) is 0 Å². The lowest BCUT2D eigenvalue weighted by Crippen LogP contribution is -2.31. The van der Waals surface area contributed by atoms with Crippen molar-refractivity contribution in [3.05, 3.63) is 33.7 Å². The van der Waals surface area contributed by atoms with Gasteiger partial charge in [-0.05, 0) is 39.9 Å². The molecule has 0 aliphatic heterocycles. The summed E-state index contributed by atoms with van der Waals surface area (Å²) in [5, 5.41) is 0.122. The van der Waals surface area contributed by atoms with E-state index in [9.17, 15) is 19.1 Å². The number of carbonyl (C=O) groups excluding carboxylic acids is 1. The van der Waals surface area contributed by atoms with Crippen molar-refractivity contribution in [1.29, 1.82) is 0 Å². The Morgan fingerprint density at radius 3 is 1.69 bits per heavy atom. The van der Waals surface area contributed by atoms with Gasteiger partial charge in [0.1, 0.15) is 0 Å². The van der Waals surface area contributed by atoms with Crippen LogP contribution in [0.1, 0.15) is 69.2 Å². The summed E-state index contributed by atoms with van der Waals surface area (Å²) in [4.78, 5) is 33.5. The first-order chi connectivity index (χ1) is 11.4. The van der Waals surface area contributed by atoms with Gasteiger partial charge in [0.15, 0.2) is 5.78 Å². The number of rotatable bonds is 3. The van der Waals surface area contributed by atoms with E-state index >= 15 is 0 Å². The summed E-state index contributed by atoms with van der Waals surface area (Å²) in [6.07, 6.45) is 1.74. The number of hydrogen-bond acceptors (Lipinski definition) is 2. The third-order valence-corrected chi connectivity index (χ3v) is 5.98. The fraction of sp³-hybridized carbons (Fsp3) is 0.667. The molecule has 0 radical (unpaired) electrons. The highest BCUT2D eigenvalue weighted by molar-refractivity contribution is 7.56. The molecule has 0 aromatic carbocycles. The molecule has 0 spiro atoms. The third-order valence-electron chi connectivity index (χ3n) is 4.59. The fourth-order valence-corrected chi connectivity index (χ4v) is 4.77. The molecule has 1 aliphatic carbocycles. The van der Waals surface area contributed by atoms with Crippen molar-refractivity contribution in [2.75, 3.05) is 0 Å². The second-order valence-corrected chi connectivity index (χ2v) is 11.4. The normalized spacial score (nSPS) is 19.5. The van der Waals surface area contributed by atoms with Crippen LogP contribution >= 0.6 is 7.60 Å². The summed E-state index contributed by atoms with van der Waals surface area (Å²) in [5.41, 5.74) is 1.75. The second-order valence-electron chi connectivity index (χ2n) is 9.83. The van der Waals surface area contributed by atoms with Gasteiger partial charge in [-0.15, -0.1) is 0 Å². The average Bonchev–Trinajstić information content (AvgIpc) is 2.34. The minimum absolute atomic E-state index is 0.00809. The summed E-state index contributed by atoms with van der Waals surface area (Å²) in [6.45, 7) is 19.4. The summed E-state index contributed by atoms with van der Waals surface area (Å²) in [6, 6.07) is 0. The fourth-order valence-electron chi connectivity index (χ4n) is 3.60. The highest BCUT2D eigenvalue weighted by Gasteiger charge is 2.41. The molecule has 0 saturated heterocycles. The van der Waals surface area contributed by atoms with Gasteiger partial charge in [0.25, 0.3) is 0 Å². The maximum atomic E-state index is 13.4. The molecule has 0 amide bonds. The average molecular weight is 382 g/mol. The van der Waals surface area contributed by atoms with Crippen molar-refractivity contribution in [3.8, 4) is 0 Å². The largest absolute Gasteiger partial charge is 0.353 e. The van der Waals surface area contributed by atoms with Crippen LogP contribution < -0.4 is 0 Å². The Morgan fingerprint density at radius 2 is 1.42 bits per heavy atom. The van der Waals surface area contributed by atoms with E-state index in [0.29, 0.717) is 16.7 Å². The second kappa shape index (κ2) is 7.22. The van der Waals surface area contributed by atoms with Crippen molar-refractivity contribution < 1.29 is 19.1 Å². The number of ketones is 1. The molecule has 0 unspecified atom stereocenters. The maximum absolute atomic E-state index is 13.4. The third kappa shape index (κ3) is 4.65. The molecule has 0 saturated carbocycles. The standard InChI is InChI=1S/C21H35O4P/c1-12(2)16-14(19(13(3)4)26(23,24)25)11-15(20(5,6)7)18(22)17(16)21(8,9)10/h11-13H,1-10H3,(H2,23,24,25). The summed E-state index contributed by atoms with van der Waals surface area (Å²) >= 11 is 0. The Morgan fingerprint density at radius 1 is 0.962 bits per heavy atom. The van der Waals surface area contributed by atoms with Crippen LogP contribution in [0.4, 0.5) is 0 Å². The van der Waals surface area contributed by atoms with Gasteiger partial charge in [-0.3, -0.25) is 9.36 Å². The van der Waals surface area contributed by atoms with E-state index in [0.717, 1.165) is 5.57 Å². The van der Waals surface area contributed by atoms with Gasteiger partial charge in [-0.2, -0.15) is 0 Å². The van der Waals surface area contributed by atoms with Crippen LogP contribution in [0.3, 0.4) is 0 Å². The van der Waals surface area contributed by atoms with E-state index in [-0.39, 0.29) is 22.9 Å². The molecule has 0 aromatic heterocycles. The summed E-state index contributed by atoms with van der Waals surface area (Å²) in [7, 11) is -4.47. The van der Waals surface area contributed by atoms with Gasteiger partial charge in [-0.25, -0.2) is 0 Å². The lowest BCUT2D eigenvalue weighted by molar-refractivity contribution is -0.114. The van der Waals surface area contributed by atoms with Crippen molar-refractivity contribution >= 4 is 13.4 Å². The van der Waals surface area contributed by atoms with Crippen molar-refractivity contribution in [2.24, 2.45) is 22.7 Å². The van der Waals surface area contributed by atoms with Gasteiger partial charge < -0.3 is 9.79 Å². The van der Waals surface area contributed by atoms with E-state index in [4.69, 9.17) is 0 Å². The molecule has 0 fully saturated rings. The molecule has 0 bridgehead atoms. The molecule has 0 aromatic rings. The first-order valence-corrected chi connectivity index (χ1v) is 10.8. The van der Waals surface area contributed by atoms with Crippen LogP contribution in [0.5, 0.6) is 0 Å². The Hall–Kier alpha value is -0.960. The molecular formula is C21H35O4P. The first-order valence-electron chi connectivity index (χ1n) is 9.22. The number of allylic oxidation sites excluding steroid dienone is 6. The molecule has 0 heterocycles. The molecule has 2 N–H and O–H groups in total. The van der Waals surface area contributed by atoms with Crippen LogP contribution in [-0.4, -0.2) is 15.6 Å². The zero-order valence-corrected chi connectivity index (χ0v) is 18.8. The molecule has 5 heteroatoms. The summed E-state index contributed by atoms with van der Waals surface area (Å²) in [5.74, 6) is -0.362. The predicted molar refractivity (Wildman–Crippen MR) is 108 cm³/mol. The van der Waals surface area contributed by atoms with Crippen molar-refractivity contribution in [2.45, 2.75) is 69.2 Å². The Kier molecular flexibility index (Phi) is 6.41. The minimum atomic E-state index is -4.47. The Balaban J connectivity index is 4.17. The molecule has 1 rings (SSSR count). The van der Waals surface area contributed by atoms with E-state index < -0.39 is 18.4 Å². The van der Waals surface area contributed by atoms with E-state index in [2.05, 4.69) is 0 Å². The molecule has 4 nitrogen and oxygen atoms in total. The molecule has 148 valence electrons. The SMILES string of the molecule is CC(C)C1=C(C(C)(C)C)C(=O)C(C(C)(C)C)=CC1=C(C(C)C)P(=O)(O)O. The quantitative estimate of drug-likeness (QED) is 0.621.